The minimum Gasteiger partial charge on any atom is -0.361 e. The van der Waals surface area contributed by atoms with Gasteiger partial charge in [-0.25, -0.2) is 4.98 Å². The fourth-order valence-corrected chi connectivity index (χ4v) is 3.24. The topological polar surface area (TPSA) is 63.8 Å². The van der Waals surface area contributed by atoms with Gasteiger partial charge in [0.15, 0.2) is 0 Å². The summed E-state index contributed by atoms with van der Waals surface area (Å²) in [5, 5.41) is 8.14. The highest BCUT2D eigenvalue weighted by atomic mass is 16.5. The van der Waals surface area contributed by atoms with E-state index in [0.29, 0.717) is 5.92 Å². The van der Waals surface area contributed by atoms with E-state index in [2.05, 4.69) is 71.7 Å². The van der Waals surface area contributed by atoms with Crippen molar-refractivity contribution in [3.05, 3.63) is 102 Å². The van der Waals surface area contributed by atoms with Crippen LogP contribution in [0.1, 0.15) is 69.7 Å². The minimum absolute atomic E-state index is 0.501. The predicted molar refractivity (Wildman–Crippen MR) is 148 cm³/mol. The van der Waals surface area contributed by atoms with Crippen molar-refractivity contribution in [3.63, 3.8) is 0 Å². The van der Waals surface area contributed by atoms with Crippen LogP contribution in [0.25, 0.3) is 16.6 Å². The lowest BCUT2D eigenvalue weighted by molar-refractivity contribution is 0.360. The smallest absolute Gasteiger partial charge is 0.139 e. The van der Waals surface area contributed by atoms with E-state index in [1.54, 1.807) is 6.20 Å². The normalized spacial score (nSPS) is 10.9. The molecule has 0 aliphatic heterocycles. The van der Waals surface area contributed by atoms with Crippen molar-refractivity contribution >= 4 is 22.3 Å². The first-order valence-corrected chi connectivity index (χ1v) is 12.2. The molecule has 0 saturated carbocycles. The summed E-state index contributed by atoms with van der Waals surface area (Å²) in [4.78, 5) is 8.71. The molecule has 1 atom stereocenters. The number of anilines is 1. The predicted octanol–water partition coefficient (Wildman–Crippen LogP) is 8.35. The number of nitrogens with one attached hydrogen (secondary N) is 1. The van der Waals surface area contributed by atoms with Gasteiger partial charge in [-0.1, -0.05) is 63.7 Å². The molecule has 1 unspecified atom stereocenters. The molecule has 0 radical (unpaired) electrons. The van der Waals surface area contributed by atoms with Crippen LogP contribution < -0.4 is 5.32 Å². The SMILES string of the molecule is C=C(C)Cc1ccc(NC(=C)c2ccc3cnccc3n2)cc1.CC.CCC(C)c1cc(C)no1. The molecule has 3 heterocycles. The third-order valence-corrected chi connectivity index (χ3v) is 5.30. The molecule has 4 rings (SSSR count). The Hall–Kier alpha value is -3.73. The zero-order chi connectivity index (χ0) is 25.8. The molecule has 0 bridgehead atoms. The van der Waals surface area contributed by atoms with Crippen molar-refractivity contribution in [3.8, 4) is 0 Å². The first-order chi connectivity index (χ1) is 16.9. The number of benzene rings is 1. The molecule has 0 aliphatic rings. The number of fused-ring (bicyclic) bond motifs is 1. The lowest BCUT2D eigenvalue weighted by Gasteiger charge is -2.10. The largest absolute Gasteiger partial charge is 0.361 e. The molecule has 0 amide bonds. The molecule has 0 spiro atoms. The van der Waals surface area contributed by atoms with Gasteiger partial charge in [0.1, 0.15) is 5.76 Å². The molecular weight excluding hydrogens is 432 g/mol. The van der Waals surface area contributed by atoms with E-state index >= 15 is 0 Å². The molecule has 0 aliphatic carbocycles. The zero-order valence-corrected chi connectivity index (χ0v) is 21.9. The zero-order valence-electron chi connectivity index (χ0n) is 21.9. The van der Waals surface area contributed by atoms with Crippen molar-refractivity contribution in [1.29, 1.82) is 0 Å². The van der Waals surface area contributed by atoms with E-state index in [4.69, 9.17) is 4.52 Å². The van der Waals surface area contributed by atoms with Crippen LogP contribution in [0.5, 0.6) is 0 Å². The lowest BCUT2D eigenvalue weighted by Crippen LogP contribution is -2.00. The highest BCUT2D eigenvalue weighted by Crippen LogP contribution is 2.20. The van der Waals surface area contributed by atoms with Crippen LogP contribution in [0.4, 0.5) is 5.69 Å². The van der Waals surface area contributed by atoms with Crippen molar-refractivity contribution in [2.24, 2.45) is 0 Å². The maximum atomic E-state index is 5.07. The Labute approximate surface area is 210 Å². The Morgan fingerprint density at radius 2 is 1.77 bits per heavy atom. The van der Waals surface area contributed by atoms with Gasteiger partial charge in [-0.3, -0.25) is 4.98 Å². The summed E-state index contributed by atoms with van der Waals surface area (Å²) in [5.41, 5.74) is 6.89. The molecule has 5 nitrogen and oxygen atoms in total. The second-order valence-corrected chi connectivity index (χ2v) is 8.38. The summed E-state index contributed by atoms with van der Waals surface area (Å²) < 4.78 is 5.07. The summed E-state index contributed by atoms with van der Waals surface area (Å²) in [6, 6.07) is 16.2. The summed E-state index contributed by atoms with van der Waals surface area (Å²) in [5.74, 6) is 1.50. The van der Waals surface area contributed by atoms with Crippen molar-refractivity contribution in [1.82, 2.24) is 15.1 Å². The molecule has 35 heavy (non-hydrogen) atoms. The number of hydrogen-bond acceptors (Lipinski definition) is 5. The van der Waals surface area contributed by atoms with E-state index in [1.165, 1.54) is 5.56 Å². The quantitative estimate of drug-likeness (QED) is 0.275. The third kappa shape index (κ3) is 8.53. The molecule has 184 valence electrons. The highest BCUT2D eigenvalue weighted by Gasteiger charge is 2.07. The van der Waals surface area contributed by atoms with E-state index < -0.39 is 0 Å². The summed E-state index contributed by atoms with van der Waals surface area (Å²) >= 11 is 0. The van der Waals surface area contributed by atoms with Crippen LogP contribution in [0.15, 0.2) is 84.2 Å². The Balaban J connectivity index is 0.000000302. The molecule has 1 N–H and O–H groups in total. The fraction of sp³-hybridized carbons (Fsp3) is 0.300. The molecule has 0 fully saturated rings. The van der Waals surface area contributed by atoms with Crippen LogP contribution in [0.2, 0.25) is 0 Å². The van der Waals surface area contributed by atoms with Crippen molar-refractivity contribution < 1.29 is 4.52 Å². The average molecular weight is 471 g/mol. The molecule has 0 saturated heterocycles. The number of pyridine rings is 2. The van der Waals surface area contributed by atoms with Gasteiger partial charge in [-0.2, -0.15) is 0 Å². The van der Waals surface area contributed by atoms with Gasteiger partial charge in [-0.05, 0) is 62.6 Å². The van der Waals surface area contributed by atoms with Gasteiger partial charge in [0, 0.05) is 35.5 Å². The molecule has 3 aromatic heterocycles. The minimum atomic E-state index is 0.501. The average Bonchev–Trinajstić information content (AvgIpc) is 3.32. The second kappa shape index (κ2) is 13.9. The van der Waals surface area contributed by atoms with E-state index in [9.17, 15) is 0 Å². The van der Waals surface area contributed by atoms with Crippen molar-refractivity contribution in [2.45, 2.75) is 60.3 Å². The maximum Gasteiger partial charge on any atom is 0.139 e. The number of nitrogens with zero attached hydrogens (tertiary/aromatic N) is 3. The van der Waals surface area contributed by atoms with Crippen LogP contribution in [-0.4, -0.2) is 15.1 Å². The molecule has 5 heteroatoms. The van der Waals surface area contributed by atoms with Gasteiger partial charge < -0.3 is 9.84 Å². The van der Waals surface area contributed by atoms with Crippen LogP contribution in [-0.2, 0) is 6.42 Å². The summed E-state index contributed by atoms with van der Waals surface area (Å²) in [7, 11) is 0. The molecule has 4 aromatic rings. The number of allylic oxidation sites excluding steroid dienone is 1. The molecule has 1 aromatic carbocycles. The second-order valence-electron chi connectivity index (χ2n) is 8.38. The van der Waals surface area contributed by atoms with E-state index in [1.807, 2.05) is 58.2 Å². The van der Waals surface area contributed by atoms with Crippen LogP contribution >= 0.6 is 0 Å². The van der Waals surface area contributed by atoms with Gasteiger partial charge in [0.25, 0.3) is 0 Å². The van der Waals surface area contributed by atoms with Crippen LogP contribution in [0, 0.1) is 6.92 Å². The van der Waals surface area contributed by atoms with Crippen LogP contribution in [0.3, 0.4) is 0 Å². The van der Waals surface area contributed by atoms with E-state index in [0.717, 1.165) is 57.9 Å². The Kier molecular flexibility index (Phi) is 10.9. The standard InChI is InChI=1S/C20H19N3.C8H13NO.C2H6/c1-14(2)12-16-4-7-18(8-5-16)22-15(3)19-9-6-17-13-21-11-10-20(17)23-19;1-4-6(2)8-5-7(3)9-10-8;1-2/h4-11,13,22H,1,3,12H2,2H3;5-6H,4H2,1-3H3;1-2H3. The number of hydrogen-bond donors (Lipinski definition) is 1. The Bertz CT molecular complexity index is 1220. The third-order valence-electron chi connectivity index (χ3n) is 5.30. The van der Waals surface area contributed by atoms with Gasteiger partial charge in [0.05, 0.1) is 22.6 Å². The Morgan fingerprint density at radius 3 is 2.37 bits per heavy atom. The van der Waals surface area contributed by atoms with Crippen molar-refractivity contribution in [2.75, 3.05) is 5.32 Å². The first kappa shape index (κ1) is 27.5. The van der Waals surface area contributed by atoms with Gasteiger partial charge >= 0.3 is 0 Å². The number of aromatic nitrogens is 3. The summed E-state index contributed by atoms with van der Waals surface area (Å²) in [6.07, 6.45) is 5.56. The van der Waals surface area contributed by atoms with Gasteiger partial charge in [-0.15, -0.1) is 0 Å². The Morgan fingerprint density at radius 1 is 1.06 bits per heavy atom. The monoisotopic (exact) mass is 470 g/mol. The number of rotatable bonds is 7. The maximum absolute atomic E-state index is 5.07. The summed E-state index contributed by atoms with van der Waals surface area (Å²) in [6.45, 7) is 20.3. The van der Waals surface area contributed by atoms with E-state index in [-0.39, 0.29) is 0 Å². The first-order valence-electron chi connectivity index (χ1n) is 12.2. The van der Waals surface area contributed by atoms with Gasteiger partial charge in [0.2, 0.25) is 0 Å². The lowest BCUT2D eigenvalue weighted by atomic mass is 10.1. The fourth-order valence-electron chi connectivity index (χ4n) is 3.24. The number of aryl methyl sites for hydroxylation is 1. The molecular formula is C30H38N4O. The highest BCUT2D eigenvalue weighted by molar-refractivity contribution is 5.81.